The Balaban J connectivity index is 1.28. The Labute approximate surface area is 227 Å². The van der Waals surface area contributed by atoms with Crippen molar-refractivity contribution in [3.05, 3.63) is 113 Å². The van der Waals surface area contributed by atoms with Gasteiger partial charge in [-0.3, -0.25) is 4.79 Å². The van der Waals surface area contributed by atoms with Gasteiger partial charge in [-0.05, 0) is 90.6 Å². The Kier molecular flexibility index (Phi) is 6.51. The van der Waals surface area contributed by atoms with Gasteiger partial charge >= 0.3 is 0 Å². The largest absolute Gasteiger partial charge is 0.480 e. The highest BCUT2D eigenvalue weighted by atomic mass is 19.1. The second-order valence-corrected chi connectivity index (χ2v) is 10.7. The van der Waals surface area contributed by atoms with Crippen LogP contribution in [0, 0.1) is 17.2 Å². The fourth-order valence-corrected chi connectivity index (χ4v) is 6.31. The van der Waals surface area contributed by atoms with Crippen molar-refractivity contribution in [2.75, 3.05) is 7.11 Å². The molecule has 6 rings (SSSR count). The summed E-state index contributed by atoms with van der Waals surface area (Å²) in [4.78, 5) is 17.6. The van der Waals surface area contributed by atoms with Crippen LogP contribution in [0.2, 0.25) is 0 Å². The van der Waals surface area contributed by atoms with Gasteiger partial charge in [0.15, 0.2) is 0 Å². The number of methoxy groups -OCH3 is 1. The zero-order valence-corrected chi connectivity index (χ0v) is 22.1. The molecule has 0 spiro atoms. The van der Waals surface area contributed by atoms with Gasteiger partial charge in [0.05, 0.1) is 30.7 Å². The van der Waals surface area contributed by atoms with Gasteiger partial charge in [0.25, 0.3) is 5.91 Å². The van der Waals surface area contributed by atoms with Crippen LogP contribution in [0.1, 0.15) is 59.4 Å². The summed E-state index contributed by atoms with van der Waals surface area (Å²) in [6.07, 6.45) is 9.59. The number of pyridine rings is 1. The van der Waals surface area contributed by atoms with Gasteiger partial charge in [-0.2, -0.15) is 5.10 Å². The van der Waals surface area contributed by atoms with E-state index in [1.165, 1.54) is 30.4 Å². The highest BCUT2D eigenvalue weighted by Gasteiger charge is 2.46. The first-order valence-electron chi connectivity index (χ1n) is 13.3. The molecule has 39 heavy (non-hydrogen) atoms. The third kappa shape index (κ3) is 4.62. The molecule has 2 aromatic carbocycles. The van der Waals surface area contributed by atoms with Crippen molar-refractivity contribution in [2.24, 2.45) is 11.3 Å². The smallest absolute Gasteiger partial charge is 0.257 e. The van der Waals surface area contributed by atoms with Crippen molar-refractivity contribution < 1.29 is 13.9 Å². The molecule has 0 bridgehead atoms. The molecule has 2 aliphatic rings. The summed E-state index contributed by atoms with van der Waals surface area (Å²) in [7, 11) is 1.52. The first kappa shape index (κ1) is 25.0. The zero-order chi connectivity index (χ0) is 27.0. The van der Waals surface area contributed by atoms with Gasteiger partial charge < -0.3 is 10.1 Å². The van der Waals surface area contributed by atoms with Crippen LogP contribution in [0.3, 0.4) is 0 Å². The molecule has 0 saturated heterocycles. The Bertz CT molecular complexity index is 1530. The SMILES string of the molecule is COc1ncccc1C(=O)NC(C[C@H]1CCC2=Cc3c(cnn3-c3ccc(F)cc3)C[C@@]21C)c1ccccc1. The molecule has 1 unspecified atom stereocenters. The number of hydrogen-bond acceptors (Lipinski definition) is 4. The number of allylic oxidation sites excluding steroid dienone is 1. The topological polar surface area (TPSA) is 69.0 Å². The molecule has 1 amide bonds. The second-order valence-electron chi connectivity index (χ2n) is 10.7. The summed E-state index contributed by atoms with van der Waals surface area (Å²) in [5, 5.41) is 7.94. The molecule has 2 heterocycles. The maximum atomic E-state index is 13.5. The Morgan fingerprint density at radius 3 is 2.72 bits per heavy atom. The second kappa shape index (κ2) is 10.1. The van der Waals surface area contributed by atoms with E-state index < -0.39 is 0 Å². The van der Waals surface area contributed by atoms with E-state index in [2.05, 4.69) is 40.5 Å². The van der Waals surface area contributed by atoms with Crippen LogP contribution in [0.5, 0.6) is 5.88 Å². The molecular weight excluding hydrogens is 491 g/mol. The standard InChI is InChI=1S/C32H31FN4O2/c1-32-19-22-20-35-37(26-14-12-25(33)13-15-26)29(22)18-24(32)11-10-23(32)17-28(21-7-4-3-5-8-21)36-30(38)27-9-6-16-34-31(27)39-2/h3-9,12-16,18,20,23,28H,10-11,17,19H2,1-2H3,(H,36,38)/t23-,28?,32-/m1/s1. The minimum absolute atomic E-state index is 0.0343. The van der Waals surface area contributed by atoms with Crippen molar-refractivity contribution in [1.82, 2.24) is 20.1 Å². The molecule has 1 saturated carbocycles. The predicted molar refractivity (Wildman–Crippen MR) is 148 cm³/mol. The lowest BCUT2D eigenvalue weighted by atomic mass is 9.68. The number of aromatic nitrogens is 3. The van der Waals surface area contributed by atoms with E-state index in [0.717, 1.165) is 42.6 Å². The maximum Gasteiger partial charge on any atom is 0.257 e. The zero-order valence-electron chi connectivity index (χ0n) is 22.1. The number of hydrogen-bond donors (Lipinski definition) is 1. The van der Waals surface area contributed by atoms with Crippen molar-refractivity contribution >= 4 is 12.0 Å². The van der Waals surface area contributed by atoms with Gasteiger partial charge in [-0.1, -0.05) is 42.8 Å². The van der Waals surface area contributed by atoms with E-state index >= 15 is 0 Å². The molecule has 198 valence electrons. The summed E-state index contributed by atoms with van der Waals surface area (Å²) < 4.78 is 20.7. The van der Waals surface area contributed by atoms with Crippen LogP contribution >= 0.6 is 0 Å². The quantitative estimate of drug-likeness (QED) is 0.308. The Hall–Kier alpha value is -4.26. The summed E-state index contributed by atoms with van der Waals surface area (Å²) in [6.45, 7) is 2.35. The molecule has 0 radical (unpaired) electrons. The van der Waals surface area contributed by atoms with E-state index in [9.17, 15) is 9.18 Å². The van der Waals surface area contributed by atoms with Crippen molar-refractivity contribution in [3.63, 3.8) is 0 Å². The minimum atomic E-state index is -0.258. The van der Waals surface area contributed by atoms with Gasteiger partial charge in [0.1, 0.15) is 11.4 Å². The fourth-order valence-electron chi connectivity index (χ4n) is 6.31. The third-order valence-electron chi connectivity index (χ3n) is 8.46. The van der Waals surface area contributed by atoms with Crippen LogP contribution in [0.4, 0.5) is 4.39 Å². The molecular formula is C32H31FN4O2. The van der Waals surface area contributed by atoms with Gasteiger partial charge in [-0.25, -0.2) is 14.1 Å². The molecule has 1 N–H and O–H groups in total. The van der Waals surface area contributed by atoms with Gasteiger partial charge in [-0.15, -0.1) is 0 Å². The van der Waals surface area contributed by atoms with Gasteiger partial charge in [0.2, 0.25) is 5.88 Å². The van der Waals surface area contributed by atoms with Crippen molar-refractivity contribution in [2.45, 2.75) is 38.6 Å². The Morgan fingerprint density at radius 2 is 1.95 bits per heavy atom. The average Bonchev–Trinajstić information content (AvgIpc) is 3.51. The summed E-state index contributed by atoms with van der Waals surface area (Å²) >= 11 is 0. The van der Waals surface area contributed by atoms with Crippen LogP contribution in [0.25, 0.3) is 11.8 Å². The summed E-state index contributed by atoms with van der Waals surface area (Å²) in [5.74, 6) is 0.232. The predicted octanol–water partition coefficient (Wildman–Crippen LogP) is 6.33. The lowest BCUT2D eigenvalue weighted by molar-refractivity contribution is 0.0919. The maximum absolute atomic E-state index is 13.5. The number of nitrogens with one attached hydrogen (secondary N) is 1. The number of benzene rings is 2. The van der Waals surface area contributed by atoms with E-state index in [1.54, 1.807) is 30.5 Å². The molecule has 4 aromatic rings. The van der Waals surface area contributed by atoms with E-state index in [-0.39, 0.29) is 23.2 Å². The third-order valence-corrected chi connectivity index (χ3v) is 8.46. The summed E-state index contributed by atoms with van der Waals surface area (Å²) in [6, 6.07) is 19.9. The lowest BCUT2D eigenvalue weighted by Gasteiger charge is -2.37. The van der Waals surface area contributed by atoms with Crippen LogP contribution in [0.15, 0.2) is 84.7 Å². The first-order valence-corrected chi connectivity index (χ1v) is 13.3. The fraction of sp³-hybridized carbons (Fsp3) is 0.281. The number of amides is 1. The van der Waals surface area contributed by atoms with Crippen molar-refractivity contribution in [3.8, 4) is 11.6 Å². The monoisotopic (exact) mass is 522 g/mol. The molecule has 3 atom stereocenters. The molecule has 0 aliphatic heterocycles. The molecule has 2 aromatic heterocycles. The highest BCUT2D eigenvalue weighted by molar-refractivity contribution is 5.96. The lowest BCUT2D eigenvalue weighted by Crippen LogP contribution is -2.35. The van der Waals surface area contributed by atoms with Crippen LogP contribution < -0.4 is 10.1 Å². The highest BCUT2D eigenvalue weighted by Crippen LogP contribution is 2.55. The summed E-state index contributed by atoms with van der Waals surface area (Å²) in [5.41, 5.74) is 6.00. The number of carbonyl (C=O) groups excluding carboxylic acids is 1. The average molecular weight is 523 g/mol. The van der Waals surface area contributed by atoms with E-state index in [0.29, 0.717) is 17.4 Å². The number of carbonyl (C=O) groups is 1. The molecule has 2 aliphatic carbocycles. The van der Waals surface area contributed by atoms with Crippen molar-refractivity contribution in [1.29, 1.82) is 0 Å². The molecule has 7 heteroatoms. The van der Waals surface area contributed by atoms with Crippen LogP contribution in [-0.4, -0.2) is 27.8 Å². The minimum Gasteiger partial charge on any atom is -0.480 e. The molecule has 1 fully saturated rings. The van der Waals surface area contributed by atoms with E-state index in [1.807, 2.05) is 29.1 Å². The number of rotatable bonds is 7. The number of nitrogens with zero attached hydrogens (tertiary/aromatic N) is 3. The Morgan fingerprint density at radius 1 is 1.15 bits per heavy atom. The molecule has 6 nitrogen and oxygen atoms in total. The van der Waals surface area contributed by atoms with Gasteiger partial charge in [0, 0.05) is 6.20 Å². The number of fused-ring (bicyclic) bond motifs is 2. The van der Waals surface area contributed by atoms with E-state index in [4.69, 9.17) is 4.74 Å². The first-order chi connectivity index (χ1) is 19.0. The number of halogens is 1. The number of ether oxygens (including phenoxy) is 1. The normalized spacial score (nSPS) is 20.5. The van der Waals surface area contributed by atoms with Crippen LogP contribution in [-0.2, 0) is 6.42 Å².